The maximum Gasteiger partial charge on any atom is 0.303 e. The number of hydrogen-bond acceptors (Lipinski definition) is 3. The van der Waals surface area contributed by atoms with E-state index in [1.807, 2.05) is 0 Å². The molecule has 1 saturated carbocycles. The van der Waals surface area contributed by atoms with Crippen LogP contribution in [0.5, 0.6) is 0 Å². The lowest BCUT2D eigenvalue weighted by Gasteiger charge is -2.27. The van der Waals surface area contributed by atoms with Crippen molar-refractivity contribution in [3.05, 3.63) is 24.3 Å². The fraction of sp³-hybridized carbons (Fsp3) is 0.800. The minimum atomic E-state index is -0.693. The van der Waals surface area contributed by atoms with E-state index in [0.717, 1.165) is 36.9 Å². The minimum absolute atomic E-state index is 0.274. The number of carboxylic acids is 1. The standard InChI is InChI=1S/C25H40O3S/c26-25(27)14-8-4-3-7-13-21-22(24-16-15-23(21)28-24)17-19-29-18-9-12-20-10-5-1-2-6-11-20/h3,7,9,12,20-24H,1-2,4-6,8,10-11,13-19H2,(H,26,27)/b7-3-,12-9?/t21-,22+,23-,24+/m1/s1. The highest BCUT2D eigenvalue weighted by Crippen LogP contribution is 2.47. The number of carboxylic acid groups (broad SMARTS) is 1. The molecule has 2 aliphatic heterocycles. The largest absolute Gasteiger partial charge is 0.481 e. The molecule has 0 aromatic rings. The number of ether oxygens (including phenoxy) is 1. The van der Waals surface area contributed by atoms with Crippen molar-refractivity contribution in [2.75, 3.05) is 11.5 Å². The molecule has 29 heavy (non-hydrogen) atoms. The van der Waals surface area contributed by atoms with Crippen molar-refractivity contribution in [2.45, 2.75) is 95.7 Å². The lowest BCUT2D eigenvalue weighted by Crippen LogP contribution is -2.27. The van der Waals surface area contributed by atoms with Crippen LogP contribution < -0.4 is 0 Å². The average molecular weight is 421 g/mol. The van der Waals surface area contributed by atoms with Crippen molar-refractivity contribution < 1.29 is 14.6 Å². The van der Waals surface area contributed by atoms with Gasteiger partial charge in [-0.2, -0.15) is 11.8 Å². The smallest absolute Gasteiger partial charge is 0.303 e. The summed E-state index contributed by atoms with van der Waals surface area (Å²) < 4.78 is 6.24. The molecule has 2 saturated heterocycles. The van der Waals surface area contributed by atoms with Gasteiger partial charge in [0.25, 0.3) is 0 Å². The van der Waals surface area contributed by atoms with E-state index in [4.69, 9.17) is 9.84 Å². The Labute approximate surface area is 181 Å². The first kappa shape index (κ1) is 22.9. The van der Waals surface area contributed by atoms with E-state index >= 15 is 0 Å². The van der Waals surface area contributed by atoms with Crippen LogP contribution in [0, 0.1) is 17.8 Å². The molecule has 4 atom stereocenters. The molecule has 3 rings (SSSR count). The van der Waals surface area contributed by atoms with Crippen molar-refractivity contribution in [3.63, 3.8) is 0 Å². The molecule has 164 valence electrons. The third-order valence-electron chi connectivity index (χ3n) is 7.04. The Morgan fingerprint density at radius 2 is 1.72 bits per heavy atom. The normalized spacial score (nSPS) is 30.5. The Morgan fingerprint density at radius 1 is 0.966 bits per heavy atom. The number of aliphatic carboxylic acids is 1. The highest BCUT2D eigenvalue weighted by Gasteiger charge is 2.47. The van der Waals surface area contributed by atoms with Crippen LogP contribution in [0.4, 0.5) is 0 Å². The first-order valence-corrected chi connectivity index (χ1v) is 13.2. The molecule has 3 aliphatic rings. The van der Waals surface area contributed by atoms with Crippen LogP contribution in [0.15, 0.2) is 24.3 Å². The topological polar surface area (TPSA) is 46.5 Å². The van der Waals surface area contributed by atoms with Crippen molar-refractivity contribution in [2.24, 2.45) is 17.8 Å². The molecule has 3 nitrogen and oxygen atoms in total. The van der Waals surface area contributed by atoms with E-state index in [1.165, 1.54) is 63.5 Å². The second-order valence-corrected chi connectivity index (χ2v) is 10.3. The van der Waals surface area contributed by atoms with Gasteiger partial charge in [0, 0.05) is 12.2 Å². The van der Waals surface area contributed by atoms with Gasteiger partial charge in [0.1, 0.15) is 0 Å². The molecular formula is C25H40O3S. The first-order valence-electron chi connectivity index (χ1n) is 12.0. The van der Waals surface area contributed by atoms with Gasteiger partial charge in [-0.1, -0.05) is 50.0 Å². The Kier molecular flexibility index (Phi) is 10.2. The summed E-state index contributed by atoms with van der Waals surface area (Å²) >= 11 is 2.08. The molecule has 4 heteroatoms. The molecule has 0 aromatic heterocycles. The molecule has 0 spiro atoms. The van der Waals surface area contributed by atoms with Crippen molar-refractivity contribution in [1.29, 1.82) is 0 Å². The van der Waals surface area contributed by atoms with E-state index < -0.39 is 5.97 Å². The summed E-state index contributed by atoms with van der Waals surface area (Å²) in [6, 6.07) is 0. The van der Waals surface area contributed by atoms with Crippen molar-refractivity contribution >= 4 is 17.7 Å². The molecule has 1 N–H and O–H groups in total. The number of allylic oxidation sites excluding steroid dienone is 3. The fourth-order valence-electron chi connectivity index (χ4n) is 5.46. The molecule has 0 radical (unpaired) electrons. The first-order chi connectivity index (χ1) is 14.2. The SMILES string of the molecule is O=C(O)CCC/C=C\C[C@@H]1[C@H](CCSCC=CC2CCCCCC2)[C@@H]2CC[C@H]1O2. The van der Waals surface area contributed by atoms with E-state index in [1.54, 1.807) is 0 Å². The highest BCUT2D eigenvalue weighted by atomic mass is 32.2. The predicted molar refractivity (Wildman–Crippen MR) is 122 cm³/mol. The summed E-state index contributed by atoms with van der Waals surface area (Å²) in [4.78, 5) is 10.6. The molecule has 2 heterocycles. The van der Waals surface area contributed by atoms with Gasteiger partial charge in [0.15, 0.2) is 0 Å². The number of thioether (sulfide) groups is 1. The molecule has 0 unspecified atom stereocenters. The molecule has 0 aromatic carbocycles. The van der Waals surface area contributed by atoms with Crippen LogP contribution in [-0.2, 0) is 9.53 Å². The van der Waals surface area contributed by atoms with Crippen LogP contribution in [-0.4, -0.2) is 34.8 Å². The van der Waals surface area contributed by atoms with E-state index in [-0.39, 0.29) is 6.42 Å². The molecule has 2 bridgehead atoms. The second-order valence-electron chi connectivity index (χ2n) is 9.15. The molecule has 1 aliphatic carbocycles. The Morgan fingerprint density at radius 3 is 2.48 bits per heavy atom. The molecule has 0 amide bonds. The van der Waals surface area contributed by atoms with Crippen LogP contribution in [0.25, 0.3) is 0 Å². The number of rotatable bonds is 12. The summed E-state index contributed by atoms with van der Waals surface area (Å²) in [5, 5.41) is 8.72. The lowest BCUT2D eigenvalue weighted by molar-refractivity contribution is -0.137. The predicted octanol–water partition coefficient (Wildman–Crippen LogP) is 6.63. The summed E-state index contributed by atoms with van der Waals surface area (Å²) in [5.41, 5.74) is 0. The average Bonchev–Trinajstić information content (AvgIpc) is 3.20. The van der Waals surface area contributed by atoms with Gasteiger partial charge in [-0.3, -0.25) is 4.79 Å². The van der Waals surface area contributed by atoms with Gasteiger partial charge in [0.2, 0.25) is 0 Å². The zero-order chi connectivity index (χ0) is 20.3. The third-order valence-corrected chi connectivity index (χ3v) is 8.00. The number of carbonyl (C=O) groups is 1. The number of unbranched alkanes of at least 4 members (excludes halogenated alkanes) is 1. The second kappa shape index (κ2) is 12.8. The molecule has 3 fully saturated rings. The van der Waals surface area contributed by atoms with Gasteiger partial charge in [-0.15, -0.1) is 0 Å². The summed E-state index contributed by atoms with van der Waals surface area (Å²) in [6.45, 7) is 0. The maximum absolute atomic E-state index is 10.6. The van der Waals surface area contributed by atoms with E-state index in [9.17, 15) is 4.79 Å². The Bertz CT molecular complexity index is 536. The zero-order valence-corrected chi connectivity index (χ0v) is 18.8. The van der Waals surface area contributed by atoms with Gasteiger partial charge < -0.3 is 9.84 Å². The summed E-state index contributed by atoms with van der Waals surface area (Å²) in [6.07, 6.45) is 25.6. The fourth-order valence-corrected chi connectivity index (χ4v) is 6.31. The molecular weight excluding hydrogens is 380 g/mol. The summed E-state index contributed by atoms with van der Waals surface area (Å²) in [7, 11) is 0. The monoisotopic (exact) mass is 420 g/mol. The van der Waals surface area contributed by atoms with Crippen LogP contribution in [0.2, 0.25) is 0 Å². The highest BCUT2D eigenvalue weighted by molar-refractivity contribution is 7.99. The van der Waals surface area contributed by atoms with Crippen LogP contribution >= 0.6 is 11.8 Å². The lowest BCUT2D eigenvalue weighted by atomic mass is 9.76. The van der Waals surface area contributed by atoms with E-state index in [2.05, 4.69) is 36.1 Å². The zero-order valence-electron chi connectivity index (χ0n) is 18.0. The number of fused-ring (bicyclic) bond motifs is 2. The number of hydrogen-bond donors (Lipinski definition) is 1. The summed E-state index contributed by atoms with van der Waals surface area (Å²) in [5.74, 6) is 3.94. The minimum Gasteiger partial charge on any atom is -0.481 e. The van der Waals surface area contributed by atoms with Crippen LogP contribution in [0.3, 0.4) is 0 Å². The van der Waals surface area contributed by atoms with Gasteiger partial charge in [0.05, 0.1) is 12.2 Å². The van der Waals surface area contributed by atoms with Crippen LogP contribution in [0.1, 0.15) is 83.5 Å². The van der Waals surface area contributed by atoms with Crippen molar-refractivity contribution in [1.82, 2.24) is 0 Å². The van der Waals surface area contributed by atoms with Gasteiger partial charge in [-0.25, -0.2) is 0 Å². The third kappa shape index (κ3) is 7.79. The van der Waals surface area contributed by atoms with E-state index in [0.29, 0.717) is 18.1 Å². The van der Waals surface area contributed by atoms with Gasteiger partial charge >= 0.3 is 5.97 Å². The quantitative estimate of drug-likeness (QED) is 0.219. The Hall–Kier alpha value is -0.740. The Balaban J connectivity index is 1.32. The van der Waals surface area contributed by atoms with Gasteiger partial charge in [-0.05, 0) is 74.9 Å². The maximum atomic E-state index is 10.6. The van der Waals surface area contributed by atoms with Crippen molar-refractivity contribution in [3.8, 4) is 0 Å².